The standard InChI is InChI=1S/C12H23N3O3/c1-3-18-9-4-10(16)15-7-5-12(2,6-8-15)11(13)14-17/h17H,3-9H2,1-2H3,(H2,13,14). The molecule has 1 saturated heterocycles. The second kappa shape index (κ2) is 6.58. The number of amides is 1. The maximum absolute atomic E-state index is 11.9. The Labute approximate surface area is 108 Å². The molecule has 1 rings (SSSR count). The first-order valence-corrected chi connectivity index (χ1v) is 6.37. The monoisotopic (exact) mass is 257 g/mol. The molecule has 1 heterocycles. The van der Waals surface area contributed by atoms with Crippen LogP contribution in [0.5, 0.6) is 0 Å². The normalized spacial score (nSPS) is 19.9. The van der Waals surface area contributed by atoms with Gasteiger partial charge in [0.15, 0.2) is 0 Å². The predicted molar refractivity (Wildman–Crippen MR) is 68.4 cm³/mol. The lowest BCUT2D eigenvalue weighted by atomic mass is 9.79. The van der Waals surface area contributed by atoms with E-state index in [1.54, 1.807) is 0 Å². The Kier molecular flexibility index (Phi) is 5.40. The number of piperidine rings is 1. The van der Waals surface area contributed by atoms with Gasteiger partial charge in [-0.1, -0.05) is 12.1 Å². The highest BCUT2D eigenvalue weighted by atomic mass is 16.5. The second-order valence-corrected chi connectivity index (χ2v) is 4.87. The van der Waals surface area contributed by atoms with Crippen LogP contribution in [0.3, 0.4) is 0 Å². The van der Waals surface area contributed by atoms with Crippen LogP contribution in [0.4, 0.5) is 0 Å². The van der Waals surface area contributed by atoms with E-state index in [4.69, 9.17) is 15.7 Å². The van der Waals surface area contributed by atoms with Gasteiger partial charge in [0.1, 0.15) is 5.84 Å². The van der Waals surface area contributed by atoms with Crippen molar-refractivity contribution in [2.45, 2.75) is 33.1 Å². The third kappa shape index (κ3) is 3.60. The highest BCUT2D eigenvalue weighted by molar-refractivity contribution is 5.86. The molecular formula is C12H23N3O3. The number of rotatable bonds is 5. The summed E-state index contributed by atoms with van der Waals surface area (Å²) in [7, 11) is 0. The number of likely N-dealkylation sites (tertiary alicyclic amines) is 1. The van der Waals surface area contributed by atoms with Crippen LogP contribution < -0.4 is 5.73 Å². The summed E-state index contributed by atoms with van der Waals surface area (Å²) in [6, 6.07) is 0. The Bertz CT molecular complexity index is 310. The van der Waals surface area contributed by atoms with Crippen molar-refractivity contribution in [1.82, 2.24) is 4.90 Å². The van der Waals surface area contributed by atoms with E-state index in [9.17, 15) is 4.79 Å². The molecule has 0 aromatic rings. The molecule has 0 bridgehead atoms. The van der Waals surface area contributed by atoms with Crippen molar-refractivity contribution >= 4 is 11.7 Å². The average Bonchev–Trinajstić information content (AvgIpc) is 2.38. The SMILES string of the molecule is CCOCCC(=O)N1CCC(C)(C(N)=NO)CC1. The third-order valence-corrected chi connectivity index (χ3v) is 3.61. The molecule has 0 spiro atoms. The van der Waals surface area contributed by atoms with Gasteiger partial charge in [-0.25, -0.2) is 0 Å². The van der Waals surface area contributed by atoms with Gasteiger partial charge in [-0.2, -0.15) is 0 Å². The molecule has 1 aliphatic heterocycles. The van der Waals surface area contributed by atoms with Gasteiger partial charge in [0.05, 0.1) is 13.0 Å². The average molecular weight is 257 g/mol. The molecule has 1 amide bonds. The van der Waals surface area contributed by atoms with Crippen molar-refractivity contribution in [3.63, 3.8) is 0 Å². The quantitative estimate of drug-likeness (QED) is 0.250. The molecule has 1 aliphatic rings. The summed E-state index contributed by atoms with van der Waals surface area (Å²) in [5, 5.41) is 11.8. The van der Waals surface area contributed by atoms with Crippen LogP contribution in [-0.2, 0) is 9.53 Å². The van der Waals surface area contributed by atoms with Gasteiger partial charge in [0.25, 0.3) is 0 Å². The summed E-state index contributed by atoms with van der Waals surface area (Å²) in [5.41, 5.74) is 5.38. The zero-order chi connectivity index (χ0) is 13.6. The predicted octanol–water partition coefficient (Wildman–Crippen LogP) is 0.788. The smallest absolute Gasteiger partial charge is 0.224 e. The molecule has 1 fully saturated rings. The van der Waals surface area contributed by atoms with Gasteiger partial charge in [0.2, 0.25) is 5.91 Å². The van der Waals surface area contributed by atoms with E-state index in [0.717, 1.165) is 12.8 Å². The van der Waals surface area contributed by atoms with E-state index in [0.29, 0.717) is 32.7 Å². The van der Waals surface area contributed by atoms with Crippen LogP contribution in [0.2, 0.25) is 0 Å². The minimum atomic E-state index is -0.300. The number of nitrogens with two attached hydrogens (primary N) is 1. The van der Waals surface area contributed by atoms with Gasteiger partial charge in [-0.05, 0) is 19.8 Å². The highest BCUT2D eigenvalue weighted by Crippen LogP contribution is 2.31. The zero-order valence-corrected chi connectivity index (χ0v) is 11.2. The topological polar surface area (TPSA) is 88.2 Å². The fourth-order valence-corrected chi connectivity index (χ4v) is 2.09. The first kappa shape index (κ1) is 14.8. The van der Waals surface area contributed by atoms with E-state index in [-0.39, 0.29) is 17.2 Å². The van der Waals surface area contributed by atoms with Crippen molar-refractivity contribution in [2.24, 2.45) is 16.3 Å². The molecule has 0 unspecified atom stereocenters. The van der Waals surface area contributed by atoms with Crippen molar-refractivity contribution in [2.75, 3.05) is 26.3 Å². The Morgan fingerprint density at radius 2 is 2.11 bits per heavy atom. The van der Waals surface area contributed by atoms with Crippen molar-refractivity contribution in [3.05, 3.63) is 0 Å². The van der Waals surface area contributed by atoms with E-state index >= 15 is 0 Å². The molecule has 6 heteroatoms. The van der Waals surface area contributed by atoms with Gasteiger partial charge in [-0.15, -0.1) is 0 Å². The molecular weight excluding hydrogens is 234 g/mol. The number of ether oxygens (including phenoxy) is 1. The second-order valence-electron chi connectivity index (χ2n) is 4.87. The summed E-state index contributed by atoms with van der Waals surface area (Å²) < 4.78 is 5.17. The number of hydrogen-bond acceptors (Lipinski definition) is 4. The molecule has 0 atom stereocenters. The van der Waals surface area contributed by atoms with Crippen LogP contribution >= 0.6 is 0 Å². The fraction of sp³-hybridized carbons (Fsp3) is 0.833. The summed E-state index contributed by atoms with van der Waals surface area (Å²) in [5.74, 6) is 0.369. The third-order valence-electron chi connectivity index (χ3n) is 3.61. The summed E-state index contributed by atoms with van der Waals surface area (Å²) in [4.78, 5) is 13.7. The minimum Gasteiger partial charge on any atom is -0.409 e. The van der Waals surface area contributed by atoms with Gasteiger partial charge in [-0.3, -0.25) is 4.79 Å². The van der Waals surface area contributed by atoms with E-state index in [1.165, 1.54) is 0 Å². The lowest BCUT2D eigenvalue weighted by Crippen LogP contribution is -2.47. The van der Waals surface area contributed by atoms with Crippen LogP contribution in [0.1, 0.15) is 33.1 Å². The lowest BCUT2D eigenvalue weighted by molar-refractivity contribution is -0.134. The number of oxime groups is 1. The Hall–Kier alpha value is -1.30. The maximum Gasteiger partial charge on any atom is 0.224 e. The van der Waals surface area contributed by atoms with Gasteiger partial charge < -0.3 is 20.6 Å². The molecule has 0 aliphatic carbocycles. The first-order chi connectivity index (χ1) is 8.53. The van der Waals surface area contributed by atoms with E-state index in [1.807, 2.05) is 18.7 Å². The van der Waals surface area contributed by atoms with Gasteiger partial charge in [0, 0.05) is 25.1 Å². The summed E-state index contributed by atoms with van der Waals surface area (Å²) in [6.07, 6.45) is 1.88. The summed E-state index contributed by atoms with van der Waals surface area (Å²) >= 11 is 0. The number of nitrogens with zero attached hydrogens (tertiary/aromatic N) is 2. The number of carbonyl (C=O) groups is 1. The highest BCUT2D eigenvalue weighted by Gasteiger charge is 2.35. The largest absolute Gasteiger partial charge is 0.409 e. The van der Waals surface area contributed by atoms with Crippen LogP contribution in [0, 0.1) is 5.41 Å². The fourth-order valence-electron chi connectivity index (χ4n) is 2.09. The van der Waals surface area contributed by atoms with Crippen LogP contribution in [-0.4, -0.2) is 48.2 Å². The number of amidine groups is 1. The summed E-state index contributed by atoms with van der Waals surface area (Å²) in [6.45, 7) is 6.28. The maximum atomic E-state index is 11.9. The Morgan fingerprint density at radius 3 is 2.61 bits per heavy atom. The molecule has 0 aromatic carbocycles. The Morgan fingerprint density at radius 1 is 1.50 bits per heavy atom. The van der Waals surface area contributed by atoms with Crippen molar-refractivity contribution in [1.29, 1.82) is 0 Å². The van der Waals surface area contributed by atoms with Crippen molar-refractivity contribution in [3.8, 4) is 0 Å². The first-order valence-electron chi connectivity index (χ1n) is 6.37. The minimum absolute atomic E-state index is 0.116. The number of hydrogen-bond donors (Lipinski definition) is 2. The van der Waals surface area contributed by atoms with Gasteiger partial charge >= 0.3 is 0 Å². The van der Waals surface area contributed by atoms with Crippen molar-refractivity contribution < 1.29 is 14.7 Å². The number of carbonyl (C=O) groups excluding carboxylic acids is 1. The molecule has 0 saturated carbocycles. The molecule has 0 radical (unpaired) electrons. The molecule has 0 aromatic heterocycles. The van der Waals surface area contributed by atoms with Crippen LogP contribution in [0.15, 0.2) is 5.16 Å². The van der Waals surface area contributed by atoms with E-state index in [2.05, 4.69) is 5.16 Å². The van der Waals surface area contributed by atoms with Crippen LogP contribution in [0.25, 0.3) is 0 Å². The Balaban J connectivity index is 2.41. The molecule has 104 valence electrons. The van der Waals surface area contributed by atoms with E-state index < -0.39 is 0 Å². The zero-order valence-electron chi connectivity index (χ0n) is 11.2. The lowest BCUT2D eigenvalue weighted by Gasteiger charge is -2.38. The molecule has 18 heavy (non-hydrogen) atoms. The molecule has 3 N–H and O–H groups in total. The molecule has 6 nitrogen and oxygen atoms in total.